The quantitative estimate of drug-likeness (QED) is 0.820. The summed E-state index contributed by atoms with van der Waals surface area (Å²) in [7, 11) is 0. The van der Waals surface area contributed by atoms with E-state index in [9.17, 15) is 9.18 Å². The summed E-state index contributed by atoms with van der Waals surface area (Å²) in [6, 6.07) is 14.8. The number of carbonyl (C=O) groups excluding carboxylic acids is 1. The molecule has 1 aliphatic rings. The average molecular weight is 297 g/mol. The van der Waals surface area contributed by atoms with E-state index >= 15 is 0 Å². The third-order valence-electron chi connectivity index (χ3n) is 4.18. The zero-order chi connectivity index (χ0) is 15.5. The maximum atomic E-state index is 13.0. The molecule has 2 aromatic rings. The van der Waals surface area contributed by atoms with Gasteiger partial charge in [0.05, 0.1) is 6.42 Å². The van der Waals surface area contributed by atoms with Gasteiger partial charge in [0.15, 0.2) is 0 Å². The number of carbonyl (C=O) groups is 1. The van der Waals surface area contributed by atoms with E-state index in [0.29, 0.717) is 19.0 Å². The Bertz CT molecular complexity index is 661. The van der Waals surface area contributed by atoms with E-state index in [1.165, 1.54) is 12.1 Å². The molecule has 1 fully saturated rings. The van der Waals surface area contributed by atoms with Gasteiger partial charge < -0.3 is 4.90 Å². The minimum atomic E-state index is -0.243. The predicted octanol–water partition coefficient (Wildman–Crippen LogP) is 3.87. The van der Waals surface area contributed by atoms with Crippen molar-refractivity contribution < 1.29 is 9.18 Å². The molecule has 0 atom stereocenters. The van der Waals surface area contributed by atoms with E-state index in [4.69, 9.17) is 0 Å². The molecule has 0 spiro atoms. The summed E-state index contributed by atoms with van der Waals surface area (Å²) in [4.78, 5) is 14.6. The summed E-state index contributed by atoms with van der Waals surface area (Å²) in [6.45, 7) is 2.60. The van der Waals surface area contributed by atoms with Crippen molar-refractivity contribution >= 4 is 5.91 Å². The summed E-state index contributed by atoms with van der Waals surface area (Å²) in [5.74, 6) is -0.0888. The van der Waals surface area contributed by atoms with E-state index in [1.54, 1.807) is 12.1 Å². The maximum absolute atomic E-state index is 13.0. The first kappa shape index (κ1) is 14.8. The number of rotatable bonds is 5. The van der Waals surface area contributed by atoms with Gasteiger partial charge in [-0.1, -0.05) is 36.4 Å². The van der Waals surface area contributed by atoms with Gasteiger partial charge in [-0.15, -0.1) is 0 Å². The molecule has 0 unspecified atom stereocenters. The summed E-state index contributed by atoms with van der Waals surface area (Å²) < 4.78 is 13.0. The topological polar surface area (TPSA) is 20.3 Å². The molecule has 1 saturated carbocycles. The van der Waals surface area contributed by atoms with Crippen LogP contribution in [0.15, 0.2) is 48.5 Å². The number of halogens is 1. The third-order valence-corrected chi connectivity index (χ3v) is 4.18. The minimum absolute atomic E-state index is 0.154. The Morgan fingerprint density at radius 3 is 2.45 bits per heavy atom. The van der Waals surface area contributed by atoms with Gasteiger partial charge in [-0.2, -0.15) is 0 Å². The largest absolute Gasteiger partial charge is 0.335 e. The fourth-order valence-electron chi connectivity index (χ4n) is 2.67. The zero-order valence-corrected chi connectivity index (χ0v) is 12.8. The fourth-order valence-corrected chi connectivity index (χ4v) is 2.67. The van der Waals surface area contributed by atoms with Gasteiger partial charge in [-0.3, -0.25) is 4.79 Å². The molecule has 0 bridgehead atoms. The Morgan fingerprint density at radius 2 is 1.82 bits per heavy atom. The first-order valence-corrected chi connectivity index (χ1v) is 7.72. The highest BCUT2D eigenvalue weighted by Gasteiger charge is 2.32. The number of aryl methyl sites for hydroxylation is 1. The molecule has 0 radical (unpaired) electrons. The lowest BCUT2D eigenvalue weighted by Gasteiger charge is -2.23. The highest BCUT2D eigenvalue weighted by Crippen LogP contribution is 2.29. The van der Waals surface area contributed by atoms with Crippen LogP contribution in [0.3, 0.4) is 0 Å². The highest BCUT2D eigenvalue weighted by molar-refractivity contribution is 5.79. The number of benzene rings is 2. The van der Waals surface area contributed by atoms with Crippen LogP contribution in [-0.4, -0.2) is 16.8 Å². The van der Waals surface area contributed by atoms with E-state index in [-0.39, 0.29) is 11.7 Å². The van der Waals surface area contributed by atoms with Crippen LogP contribution >= 0.6 is 0 Å². The van der Waals surface area contributed by atoms with E-state index < -0.39 is 0 Å². The molecular weight excluding hydrogens is 277 g/mol. The lowest BCUT2D eigenvalue weighted by Crippen LogP contribution is -2.34. The van der Waals surface area contributed by atoms with Gasteiger partial charge in [-0.25, -0.2) is 4.39 Å². The normalized spacial score (nSPS) is 13.9. The van der Waals surface area contributed by atoms with Crippen molar-refractivity contribution in [2.24, 2.45) is 0 Å². The second kappa shape index (κ2) is 6.30. The van der Waals surface area contributed by atoms with Crippen molar-refractivity contribution in [3.8, 4) is 0 Å². The molecule has 2 aromatic carbocycles. The van der Waals surface area contributed by atoms with Crippen LogP contribution in [0.4, 0.5) is 4.39 Å². The number of hydrogen-bond acceptors (Lipinski definition) is 1. The van der Waals surface area contributed by atoms with E-state index in [2.05, 4.69) is 0 Å². The molecule has 3 rings (SSSR count). The predicted molar refractivity (Wildman–Crippen MR) is 84.9 cm³/mol. The maximum Gasteiger partial charge on any atom is 0.227 e. The second-order valence-electron chi connectivity index (χ2n) is 5.98. The van der Waals surface area contributed by atoms with Gasteiger partial charge in [0.1, 0.15) is 5.82 Å². The van der Waals surface area contributed by atoms with Crippen LogP contribution in [0.25, 0.3) is 0 Å². The van der Waals surface area contributed by atoms with Gasteiger partial charge in [0, 0.05) is 12.6 Å². The van der Waals surface area contributed by atoms with Crippen molar-refractivity contribution in [3.63, 3.8) is 0 Å². The Hall–Kier alpha value is -2.16. The van der Waals surface area contributed by atoms with Gasteiger partial charge in [0.2, 0.25) is 5.91 Å². The van der Waals surface area contributed by atoms with Crippen molar-refractivity contribution in [3.05, 3.63) is 71.0 Å². The Balaban J connectivity index is 1.72. The van der Waals surface area contributed by atoms with E-state index in [1.807, 2.05) is 36.1 Å². The number of hydrogen-bond donors (Lipinski definition) is 0. The Labute approximate surface area is 130 Å². The molecule has 0 heterocycles. The fraction of sp³-hybridized carbons (Fsp3) is 0.316. The lowest BCUT2D eigenvalue weighted by atomic mass is 10.0. The van der Waals surface area contributed by atoms with Crippen molar-refractivity contribution in [1.29, 1.82) is 0 Å². The summed E-state index contributed by atoms with van der Waals surface area (Å²) in [6.07, 6.45) is 2.58. The summed E-state index contributed by atoms with van der Waals surface area (Å²) in [5, 5.41) is 0. The summed E-state index contributed by atoms with van der Waals surface area (Å²) >= 11 is 0. The molecular formula is C19H20FNO. The molecule has 1 amide bonds. The molecule has 0 aliphatic heterocycles. The van der Waals surface area contributed by atoms with Crippen LogP contribution < -0.4 is 0 Å². The SMILES string of the molecule is Cc1ccccc1CC(=O)N(Cc1ccc(F)cc1)C1CC1. The molecule has 2 nitrogen and oxygen atoms in total. The van der Waals surface area contributed by atoms with Crippen molar-refractivity contribution in [1.82, 2.24) is 4.90 Å². The van der Waals surface area contributed by atoms with Gasteiger partial charge in [0.25, 0.3) is 0 Å². The van der Waals surface area contributed by atoms with Gasteiger partial charge in [-0.05, 0) is 48.6 Å². The van der Waals surface area contributed by atoms with Gasteiger partial charge >= 0.3 is 0 Å². The monoisotopic (exact) mass is 297 g/mol. The molecule has 0 saturated heterocycles. The molecule has 0 aromatic heterocycles. The van der Waals surface area contributed by atoms with Crippen molar-refractivity contribution in [2.45, 2.75) is 38.8 Å². The van der Waals surface area contributed by atoms with E-state index in [0.717, 1.165) is 29.5 Å². The molecule has 0 N–H and O–H groups in total. The molecule has 1 aliphatic carbocycles. The van der Waals surface area contributed by atoms with Crippen LogP contribution in [0, 0.1) is 12.7 Å². The lowest BCUT2D eigenvalue weighted by molar-refractivity contribution is -0.131. The summed E-state index contributed by atoms with van der Waals surface area (Å²) in [5.41, 5.74) is 3.21. The molecule has 22 heavy (non-hydrogen) atoms. The molecule has 114 valence electrons. The van der Waals surface area contributed by atoms with Crippen molar-refractivity contribution in [2.75, 3.05) is 0 Å². The third kappa shape index (κ3) is 3.53. The second-order valence-corrected chi connectivity index (χ2v) is 5.98. The minimum Gasteiger partial charge on any atom is -0.335 e. The Morgan fingerprint density at radius 1 is 1.14 bits per heavy atom. The first-order chi connectivity index (χ1) is 10.6. The zero-order valence-electron chi connectivity index (χ0n) is 12.8. The molecule has 3 heteroatoms. The highest BCUT2D eigenvalue weighted by atomic mass is 19.1. The average Bonchev–Trinajstić information content (AvgIpc) is 3.33. The Kier molecular flexibility index (Phi) is 4.23. The van der Waals surface area contributed by atoms with Crippen LogP contribution in [-0.2, 0) is 17.8 Å². The van der Waals surface area contributed by atoms with Crippen LogP contribution in [0.1, 0.15) is 29.5 Å². The first-order valence-electron chi connectivity index (χ1n) is 7.72. The standard InChI is InChI=1S/C19H20FNO/c1-14-4-2-3-5-16(14)12-19(22)21(18-10-11-18)13-15-6-8-17(20)9-7-15/h2-9,18H,10-13H2,1H3. The number of amides is 1. The number of nitrogens with zero attached hydrogens (tertiary/aromatic N) is 1. The van der Waals surface area contributed by atoms with Crippen LogP contribution in [0.5, 0.6) is 0 Å². The smallest absolute Gasteiger partial charge is 0.227 e. The van der Waals surface area contributed by atoms with Crippen LogP contribution in [0.2, 0.25) is 0 Å².